The Morgan fingerprint density at radius 2 is 2.27 bits per heavy atom. The van der Waals surface area contributed by atoms with Gasteiger partial charge in [-0.05, 0) is 0 Å². The number of amides is 1. The second-order valence-electron chi connectivity index (χ2n) is 5.19. The van der Waals surface area contributed by atoms with Gasteiger partial charge in [0.05, 0.1) is 33.9 Å². The maximum atomic E-state index is 11.9. The van der Waals surface area contributed by atoms with Gasteiger partial charge in [-0.2, -0.15) is 0 Å². The standard InChI is InChI=1S/C12H13N5O4S/c13-8-4-5(9(14)20)12-17(10(4)16-2-15-8)11-7(22-12)6(19)3(1-18)21-11/h2-3,6-7,11,18-19H,1H2,(H2,14,20)(H2,13,15,16)/t3-,6-,7-,11+/m0/s1. The number of hydrogen-bond acceptors (Lipinski definition) is 8. The second kappa shape index (κ2) is 4.56. The highest BCUT2D eigenvalue weighted by Crippen LogP contribution is 2.52. The Bertz CT molecular complexity index is 793. The molecule has 4 heterocycles. The highest BCUT2D eigenvalue weighted by molar-refractivity contribution is 8.00. The molecule has 2 aliphatic heterocycles. The van der Waals surface area contributed by atoms with Crippen LogP contribution in [0.5, 0.6) is 0 Å². The van der Waals surface area contributed by atoms with Crippen LogP contribution in [-0.2, 0) is 4.74 Å². The maximum absolute atomic E-state index is 11.9. The first-order chi connectivity index (χ1) is 10.5. The molecule has 0 aromatic carbocycles. The van der Waals surface area contributed by atoms with Crippen molar-refractivity contribution in [3.63, 3.8) is 0 Å². The van der Waals surface area contributed by atoms with Gasteiger partial charge in [-0.15, -0.1) is 0 Å². The summed E-state index contributed by atoms with van der Waals surface area (Å²) >= 11 is 1.28. The van der Waals surface area contributed by atoms with Gasteiger partial charge in [0, 0.05) is 0 Å². The fraction of sp³-hybridized carbons (Fsp3) is 0.417. The lowest BCUT2D eigenvalue weighted by atomic mass is 10.2. The Labute approximate surface area is 128 Å². The summed E-state index contributed by atoms with van der Waals surface area (Å²) in [5.41, 5.74) is 12.0. The number of anilines is 1. The van der Waals surface area contributed by atoms with E-state index in [9.17, 15) is 15.0 Å². The van der Waals surface area contributed by atoms with E-state index >= 15 is 0 Å². The molecule has 4 atom stereocenters. The lowest BCUT2D eigenvalue weighted by Gasteiger charge is -2.13. The van der Waals surface area contributed by atoms with Gasteiger partial charge in [0.1, 0.15) is 23.9 Å². The van der Waals surface area contributed by atoms with E-state index in [2.05, 4.69) is 9.97 Å². The Morgan fingerprint density at radius 1 is 1.50 bits per heavy atom. The number of thioether (sulfide) groups is 1. The average molecular weight is 323 g/mol. The van der Waals surface area contributed by atoms with Crippen LogP contribution >= 0.6 is 11.8 Å². The monoisotopic (exact) mass is 323 g/mol. The molecule has 1 fully saturated rings. The van der Waals surface area contributed by atoms with E-state index in [0.29, 0.717) is 16.1 Å². The molecule has 4 rings (SSSR count). The summed E-state index contributed by atoms with van der Waals surface area (Å²) in [5.74, 6) is -0.476. The zero-order valence-electron chi connectivity index (χ0n) is 11.2. The smallest absolute Gasteiger partial charge is 0.252 e. The van der Waals surface area contributed by atoms with Crippen LogP contribution in [0.4, 0.5) is 5.82 Å². The molecule has 6 N–H and O–H groups in total. The van der Waals surface area contributed by atoms with Crippen molar-refractivity contribution in [2.75, 3.05) is 12.3 Å². The molecule has 9 nitrogen and oxygen atoms in total. The van der Waals surface area contributed by atoms with E-state index < -0.39 is 24.3 Å². The zero-order valence-corrected chi connectivity index (χ0v) is 12.0. The summed E-state index contributed by atoms with van der Waals surface area (Å²) in [4.78, 5) is 19.9. The molecule has 2 aromatic rings. The van der Waals surface area contributed by atoms with E-state index in [1.54, 1.807) is 4.57 Å². The highest BCUT2D eigenvalue weighted by Gasteiger charge is 2.51. The van der Waals surface area contributed by atoms with E-state index in [0.717, 1.165) is 0 Å². The maximum Gasteiger partial charge on any atom is 0.252 e. The van der Waals surface area contributed by atoms with Gasteiger partial charge in [-0.3, -0.25) is 9.36 Å². The number of hydrogen-bond donors (Lipinski definition) is 4. The van der Waals surface area contributed by atoms with Crippen molar-refractivity contribution >= 4 is 34.5 Å². The van der Waals surface area contributed by atoms with Gasteiger partial charge < -0.3 is 26.4 Å². The minimum atomic E-state index is -0.852. The van der Waals surface area contributed by atoms with Crippen molar-refractivity contribution in [3.05, 3.63) is 11.9 Å². The summed E-state index contributed by atoms with van der Waals surface area (Å²) in [6.07, 6.45) is -0.779. The lowest BCUT2D eigenvalue weighted by Crippen LogP contribution is -2.30. The van der Waals surface area contributed by atoms with E-state index in [1.165, 1.54) is 18.1 Å². The predicted molar refractivity (Wildman–Crippen MR) is 77.1 cm³/mol. The first kappa shape index (κ1) is 13.8. The van der Waals surface area contributed by atoms with Crippen molar-refractivity contribution in [2.45, 2.75) is 28.7 Å². The lowest BCUT2D eigenvalue weighted by molar-refractivity contribution is -0.0445. The molecule has 22 heavy (non-hydrogen) atoms. The molecule has 0 saturated carbocycles. The number of carbonyl (C=O) groups excluding carboxylic acids is 1. The molecule has 0 unspecified atom stereocenters. The third-order valence-electron chi connectivity index (χ3n) is 4.01. The number of primary amides is 1. The summed E-state index contributed by atoms with van der Waals surface area (Å²) in [7, 11) is 0. The molecule has 1 amide bonds. The van der Waals surface area contributed by atoms with Gasteiger partial charge >= 0.3 is 0 Å². The Balaban J connectivity index is 1.97. The van der Waals surface area contributed by atoms with Crippen molar-refractivity contribution < 1.29 is 19.7 Å². The first-order valence-corrected chi connectivity index (χ1v) is 7.47. The number of aliphatic hydroxyl groups is 2. The second-order valence-corrected chi connectivity index (χ2v) is 6.36. The molecular weight excluding hydrogens is 310 g/mol. The number of carbonyl (C=O) groups is 1. The minimum Gasteiger partial charge on any atom is -0.394 e. The molecule has 0 aliphatic carbocycles. The first-order valence-electron chi connectivity index (χ1n) is 6.59. The molecule has 0 radical (unpaired) electrons. The van der Waals surface area contributed by atoms with Crippen molar-refractivity contribution in [1.82, 2.24) is 14.5 Å². The number of nitrogens with two attached hydrogens (primary N) is 2. The number of fused-ring (bicyclic) bond motifs is 5. The number of aromatic nitrogens is 3. The summed E-state index contributed by atoms with van der Waals surface area (Å²) in [5, 5.41) is 20.1. The van der Waals surface area contributed by atoms with Gasteiger partial charge in [0.25, 0.3) is 5.91 Å². The van der Waals surface area contributed by atoms with Gasteiger partial charge in [-0.25, -0.2) is 9.97 Å². The van der Waals surface area contributed by atoms with Crippen LogP contribution in [0.3, 0.4) is 0 Å². The Kier molecular flexibility index (Phi) is 2.85. The number of rotatable bonds is 2. The Hall–Kier alpha value is -1.88. The topological polar surface area (TPSA) is 150 Å². The van der Waals surface area contributed by atoms with Crippen LogP contribution in [0.15, 0.2) is 11.4 Å². The largest absolute Gasteiger partial charge is 0.394 e. The molecule has 116 valence electrons. The number of nitrogens with zero attached hydrogens (tertiary/aromatic N) is 3. The van der Waals surface area contributed by atoms with Gasteiger partial charge in [-0.1, -0.05) is 11.8 Å². The van der Waals surface area contributed by atoms with E-state index in [-0.39, 0.29) is 23.2 Å². The predicted octanol–water partition coefficient (Wildman–Crippen LogP) is -1.16. The number of ether oxygens (including phenoxy) is 1. The van der Waals surface area contributed by atoms with Crippen LogP contribution in [0.25, 0.3) is 11.0 Å². The summed E-state index contributed by atoms with van der Waals surface area (Å²) in [6, 6.07) is 0. The molecule has 2 aliphatic rings. The van der Waals surface area contributed by atoms with Gasteiger partial charge in [0.15, 0.2) is 6.23 Å². The fourth-order valence-electron chi connectivity index (χ4n) is 3.05. The van der Waals surface area contributed by atoms with Crippen LogP contribution in [0, 0.1) is 0 Å². The fourth-order valence-corrected chi connectivity index (χ4v) is 4.55. The Morgan fingerprint density at radius 3 is 2.95 bits per heavy atom. The quantitative estimate of drug-likeness (QED) is 0.540. The third kappa shape index (κ3) is 1.57. The molecule has 1 saturated heterocycles. The third-order valence-corrected chi connectivity index (χ3v) is 5.42. The molecule has 10 heteroatoms. The SMILES string of the molecule is NC(=O)c1c2n(c3ncnc(N)c13)[C@@H]1O[C@@H](CO)[C@H](O)[C@@H]1S2. The molecular formula is C12H13N5O4S. The van der Waals surface area contributed by atoms with E-state index in [4.69, 9.17) is 16.2 Å². The average Bonchev–Trinajstić information content (AvgIpc) is 3.08. The van der Waals surface area contributed by atoms with Crippen LogP contribution in [-0.4, -0.2) is 54.7 Å². The minimum absolute atomic E-state index is 0.162. The van der Waals surface area contributed by atoms with Gasteiger partial charge in [0.2, 0.25) is 0 Å². The summed E-state index contributed by atoms with van der Waals surface area (Å²) < 4.78 is 7.40. The summed E-state index contributed by atoms with van der Waals surface area (Å²) in [6.45, 7) is -0.289. The number of aliphatic hydroxyl groups excluding tert-OH is 2. The van der Waals surface area contributed by atoms with E-state index in [1.807, 2.05) is 0 Å². The van der Waals surface area contributed by atoms with Crippen molar-refractivity contribution in [2.24, 2.45) is 5.73 Å². The highest BCUT2D eigenvalue weighted by atomic mass is 32.2. The van der Waals surface area contributed by atoms with Crippen LogP contribution < -0.4 is 11.5 Å². The zero-order chi connectivity index (χ0) is 15.6. The molecule has 0 spiro atoms. The molecule has 2 aromatic heterocycles. The van der Waals surface area contributed by atoms with Crippen LogP contribution in [0.1, 0.15) is 16.6 Å². The van der Waals surface area contributed by atoms with Crippen molar-refractivity contribution in [3.8, 4) is 0 Å². The van der Waals surface area contributed by atoms with Crippen molar-refractivity contribution in [1.29, 1.82) is 0 Å². The number of nitrogen functional groups attached to an aromatic ring is 1. The van der Waals surface area contributed by atoms with Crippen LogP contribution in [0.2, 0.25) is 0 Å². The normalized spacial score (nSPS) is 29.7. The molecule has 0 bridgehead atoms.